The molecule has 9 rings (SSSR count). The topological polar surface area (TPSA) is 154 Å². The first-order valence-electron chi connectivity index (χ1n) is 25.9. The minimum absolute atomic E-state index is 0.0325. The van der Waals surface area contributed by atoms with Crippen LogP contribution in [0, 0.1) is 0 Å². The maximum absolute atomic E-state index is 15.5. The predicted octanol–water partition coefficient (Wildman–Crippen LogP) is 12.1. The molecule has 4 amide bonds. The number of hydrogen-bond acceptors (Lipinski definition) is 8. The van der Waals surface area contributed by atoms with Gasteiger partial charge in [0.15, 0.2) is 6.10 Å². The number of nitrogens with one attached hydrogen (secondary N) is 2. The Balaban J connectivity index is 1.10. The number of ether oxygens (including phenoxy) is 1. The Bertz CT molecular complexity index is 3080. The highest BCUT2D eigenvalue weighted by Gasteiger charge is 2.43. The molecule has 0 unspecified atom stereocenters. The van der Waals surface area contributed by atoms with Crippen molar-refractivity contribution >= 4 is 59.1 Å². The summed E-state index contributed by atoms with van der Waals surface area (Å²) < 4.78 is 3.08. The van der Waals surface area contributed by atoms with E-state index in [-0.39, 0.29) is 17.3 Å². The second kappa shape index (κ2) is 26.4. The van der Waals surface area contributed by atoms with E-state index in [1.54, 1.807) is 0 Å². The van der Waals surface area contributed by atoms with Crippen molar-refractivity contribution in [3.05, 3.63) is 323 Å². The third kappa shape index (κ3) is 12.5. The minimum Gasteiger partial charge on any atom is -0.435 e. The summed E-state index contributed by atoms with van der Waals surface area (Å²) in [5, 5.41) is 6.03. The number of carbonyl (C=O) groups excluding carboxylic acids is 4. The predicted molar refractivity (Wildman–Crippen MR) is 323 cm³/mol. The number of amides is 4. The van der Waals surface area contributed by atoms with E-state index in [0.717, 1.165) is 50.1 Å². The van der Waals surface area contributed by atoms with Crippen LogP contribution in [0.5, 0.6) is 0 Å². The van der Waals surface area contributed by atoms with Crippen molar-refractivity contribution in [1.82, 2.24) is 10.6 Å². The fourth-order valence-electron chi connectivity index (χ4n) is 10.1. The molecule has 0 saturated heterocycles. The van der Waals surface area contributed by atoms with Gasteiger partial charge in [0.2, 0.25) is 11.8 Å². The van der Waals surface area contributed by atoms with Gasteiger partial charge in [-0.3, -0.25) is 14.4 Å². The first-order valence-corrected chi connectivity index (χ1v) is 28.9. The van der Waals surface area contributed by atoms with Crippen LogP contribution in [0.3, 0.4) is 0 Å². The van der Waals surface area contributed by atoms with Crippen molar-refractivity contribution < 1.29 is 23.9 Å². The molecule has 9 aromatic carbocycles. The van der Waals surface area contributed by atoms with Gasteiger partial charge in [-0.15, -0.1) is 35.3 Å². The molecule has 0 aromatic heterocycles. The van der Waals surface area contributed by atoms with Crippen molar-refractivity contribution in [3.63, 3.8) is 0 Å². The van der Waals surface area contributed by atoms with Crippen LogP contribution in [0.25, 0.3) is 0 Å². The van der Waals surface area contributed by atoms with E-state index < -0.39 is 56.2 Å². The molecule has 3 atom stereocenters. The smallest absolute Gasteiger partial charge is 0.405 e. The van der Waals surface area contributed by atoms with Gasteiger partial charge in [0.05, 0.1) is 14.2 Å². The molecular formula is C67H60N4O5S3. The average Bonchev–Trinajstić information content (AvgIpc) is 3.63. The number of carbonyl (C=O) groups is 4. The molecule has 0 aliphatic carbocycles. The van der Waals surface area contributed by atoms with Crippen molar-refractivity contribution in [2.24, 2.45) is 11.5 Å². The summed E-state index contributed by atoms with van der Waals surface area (Å²) in [6.45, 7) is 0. The Morgan fingerprint density at radius 2 is 0.544 bits per heavy atom. The summed E-state index contributed by atoms with van der Waals surface area (Å²) in [5.74, 6) is -2.27. The Morgan fingerprint density at radius 3 is 0.772 bits per heavy atom. The number of primary amides is 2. The molecule has 6 N–H and O–H groups in total. The highest BCUT2D eigenvalue weighted by Crippen LogP contribution is 2.51. The molecule has 0 saturated carbocycles. The Labute approximate surface area is 475 Å². The molecule has 0 bridgehead atoms. The van der Waals surface area contributed by atoms with Gasteiger partial charge < -0.3 is 26.8 Å². The van der Waals surface area contributed by atoms with Gasteiger partial charge >= 0.3 is 6.09 Å². The zero-order valence-corrected chi connectivity index (χ0v) is 45.7. The maximum Gasteiger partial charge on any atom is 0.405 e. The van der Waals surface area contributed by atoms with Crippen LogP contribution in [-0.4, -0.2) is 59.3 Å². The fourth-order valence-corrected chi connectivity index (χ4v) is 14.8. The lowest BCUT2D eigenvalue weighted by atomic mass is 9.84. The highest BCUT2D eigenvalue weighted by molar-refractivity contribution is 8.01. The zero-order chi connectivity index (χ0) is 54.9. The molecular weight excluding hydrogens is 1040 g/mol. The standard InChI is InChI=1S/C67H60N4O5S3/c68-61(72)58(46-77-65(49-28-10-1-11-29-49,50-30-12-2-13-31-50)51-32-14-3-15-33-51)70-62(73)59(47-78-66(52-34-16-4-17-35-52,53-36-18-5-19-37-53)54-38-20-6-21-39-54)71-63(74)60(76-64(69)75)48-79-67(55-40-22-7-23-41-55,56-42-24-8-25-43-56)57-44-26-9-27-45-57/h1-45,58-60H,46-48H2,(H2,68,72)(H2,69,75)(H,70,73)(H,71,74)/t58-,59-,60-/m1/s1. The molecule has 0 spiro atoms. The minimum atomic E-state index is -1.49. The molecule has 9 aromatic rings. The van der Waals surface area contributed by atoms with E-state index in [2.05, 4.69) is 47.0 Å². The van der Waals surface area contributed by atoms with Crippen molar-refractivity contribution in [2.75, 3.05) is 17.3 Å². The van der Waals surface area contributed by atoms with Gasteiger partial charge in [-0.05, 0) is 50.1 Å². The number of nitrogens with two attached hydrogens (primary N) is 2. The van der Waals surface area contributed by atoms with E-state index in [1.807, 2.05) is 237 Å². The van der Waals surface area contributed by atoms with E-state index >= 15 is 9.59 Å². The number of thioether (sulfide) groups is 3. The lowest BCUT2D eigenvalue weighted by Gasteiger charge is -2.37. The van der Waals surface area contributed by atoms with Gasteiger partial charge in [-0.2, -0.15) is 0 Å². The quantitative estimate of drug-likeness (QED) is 0.0436. The second-order valence-corrected chi connectivity index (χ2v) is 22.4. The molecule has 9 nitrogen and oxygen atoms in total. The maximum atomic E-state index is 15.5. The first-order chi connectivity index (χ1) is 38.6. The fraction of sp³-hybridized carbons (Fsp3) is 0.134. The van der Waals surface area contributed by atoms with Gasteiger partial charge in [0.1, 0.15) is 12.1 Å². The number of hydrogen-bond donors (Lipinski definition) is 4. The third-order valence-corrected chi connectivity index (χ3v) is 18.7. The van der Waals surface area contributed by atoms with E-state index in [1.165, 1.54) is 35.3 Å². The Kier molecular flexibility index (Phi) is 18.5. The van der Waals surface area contributed by atoms with Crippen LogP contribution in [0.4, 0.5) is 4.79 Å². The largest absolute Gasteiger partial charge is 0.435 e. The summed E-state index contributed by atoms with van der Waals surface area (Å²) in [4.78, 5) is 57.6. The molecule has 396 valence electrons. The van der Waals surface area contributed by atoms with Gasteiger partial charge in [0, 0.05) is 17.3 Å². The summed E-state index contributed by atoms with van der Waals surface area (Å²) in [7, 11) is 0. The molecule has 0 heterocycles. The lowest BCUT2D eigenvalue weighted by Crippen LogP contribution is -2.57. The number of rotatable bonds is 24. The Hall–Kier alpha value is -8.29. The van der Waals surface area contributed by atoms with Gasteiger partial charge in [0.25, 0.3) is 5.91 Å². The van der Waals surface area contributed by atoms with Gasteiger partial charge in [-0.25, -0.2) is 4.79 Å². The van der Waals surface area contributed by atoms with Crippen LogP contribution in [0.15, 0.2) is 273 Å². The second-order valence-electron chi connectivity index (χ2n) is 18.7. The van der Waals surface area contributed by atoms with Crippen LogP contribution in [-0.2, 0) is 33.4 Å². The SMILES string of the molecule is NC(=O)O[C@H](CSC(c1ccccc1)(c1ccccc1)c1ccccc1)C(=O)N[C@H](CSC(c1ccccc1)(c1ccccc1)c1ccccc1)C(=O)N[C@H](CSC(c1ccccc1)(c1ccccc1)c1ccccc1)C(N)=O. The van der Waals surface area contributed by atoms with Crippen LogP contribution in [0.2, 0.25) is 0 Å². The lowest BCUT2D eigenvalue weighted by molar-refractivity contribution is -0.133. The third-order valence-electron chi connectivity index (χ3n) is 13.9. The van der Waals surface area contributed by atoms with Crippen LogP contribution in [0.1, 0.15) is 50.1 Å². The van der Waals surface area contributed by atoms with Crippen molar-refractivity contribution in [2.45, 2.75) is 32.4 Å². The first kappa shape index (κ1) is 55.5. The van der Waals surface area contributed by atoms with Crippen LogP contribution < -0.4 is 22.1 Å². The molecule has 0 radical (unpaired) electrons. The van der Waals surface area contributed by atoms with Crippen molar-refractivity contribution in [3.8, 4) is 0 Å². The normalized spacial score (nSPS) is 12.8. The van der Waals surface area contributed by atoms with Crippen molar-refractivity contribution in [1.29, 1.82) is 0 Å². The monoisotopic (exact) mass is 1100 g/mol. The molecule has 12 heteroatoms. The molecule has 0 aliphatic rings. The molecule has 0 fully saturated rings. The van der Waals surface area contributed by atoms with Gasteiger partial charge in [-0.1, -0.05) is 273 Å². The number of benzene rings is 9. The van der Waals surface area contributed by atoms with Crippen LogP contribution >= 0.6 is 35.3 Å². The Morgan fingerprint density at radius 1 is 0.329 bits per heavy atom. The van der Waals surface area contributed by atoms with E-state index in [0.29, 0.717) is 0 Å². The summed E-state index contributed by atoms with van der Waals surface area (Å²) >= 11 is 4.33. The zero-order valence-electron chi connectivity index (χ0n) is 43.3. The molecule has 79 heavy (non-hydrogen) atoms. The highest BCUT2D eigenvalue weighted by atomic mass is 32.2. The summed E-state index contributed by atoms with van der Waals surface area (Å²) in [5.41, 5.74) is 20.6. The van der Waals surface area contributed by atoms with E-state index in [9.17, 15) is 9.59 Å². The molecule has 0 aliphatic heterocycles. The summed E-state index contributed by atoms with van der Waals surface area (Å²) in [6, 6.07) is 87.3. The average molecular weight is 1100 g/mol. The summed E-state index contributed by atoms with van der Waals surface area (Å²) in [6.07, 6.45) is -2.66. The van der Waals surface area contributed by atoms with E-state index in [4.69, 9.17) is 16.2 Å².